The fourth-order valence-corrected chi connectivity index (χ4v) is 1.31. The quantitative estimate of drug-likeness (QED) is 0.772. The molecule has 92 valence electrons. The van der Waals surface area contributed by atoms with Gasteiger partial charge in [0.2, 0.25) is 11.8 Å². The molecule has 0 bridgehead atoms. The lowest BCUT2D eigenvalue weighted by Gasteiger charge is -2.23. The van der Waals surface area contributed by atoms with Crippen LogP contribution in [0.3, 0.4) is 0 Å². The van der Waals surface area contributed by atoms with Crippen LogP contribution in [-0.2, 0) is 9.59 Å². The molecule has 1 unspecified atom stereocenters. The van der Waals surface area contributed by atoms with Crippen LogP contribution in [0.2, 0.25) is 0 Å². The molecule has 1 atom stereocenters. The first-order valence-corrected chi connectivity index (χ1v) is 5.51. The Hall–Kier alpha value is -1.84. The fraction of sp³-hybridized carbons (Fsp3) is 0.385. The number of benzene rings is 1. The van der Waals surface area contributed by atoms with Gasteiger partial charge in [-0.05, 0) is 26.3 Å². The fourth-order valence-electron chi connectivity index (χ4n) is 1.31. The van der Waals surface area contributed by atoms with Crippen molar-refractivity contribution in [2.24, 2.45) is 11.1 Å². The number of hydrogen-bond acceptors (Lipinski definition) is 2. The number of amides is 2. The van der Waals surface area contributed by atoms with Gasteiger partial charge in [0.1, 0.15) is 5.41 Å². The van der Waals surface area contributed by atoms with Gasteiger partial charge in [-0.25, -0.2) is 0 Å². The molecule has 1 aromatic rings. The monoisotopic (exact) mass is 234 g/mol. The molecule has 0 fully saturated rings. The summed E-state index contributed by atoms with van der Waals surface area (Å²) in [5.74, 6) is -0.989. The van der Waals surface area contributed by atoms with Crippen LogP contribution >= 0.6 is 0 Å². The lowest BCUT2D eigenvalue weighted by atomic mass is 9.91. The molecule has 0 aromatic heterocycles. The lowest BCUT2D eigenvalue weighted by molar-refractivity contribution is -0.139. The van der Waals surface area contributed by atoms with E-state index in [0.717, 1.165) is 5.56 Å². The summed E-state index contributed by atoms with van der Waals surface area (Å²) in [5, 5.41) is 2.78. The van der Waals surface area contributed by atoms with Crippen LogP contribution < -0.4 is 11.1 Å². The van der Waals surface area contributed by atoms with E-state index in [2.05, 4.69) is 5.32 Å². The van der Waals surface area contributed by atoms with Crippen molar-refractivity contribution >= 4 is 11.8 Å². The second-order valence-corrected chi connectivity index (χ2v) is 4.60. The summed E-state index contributed by atoms with van der Waals surface area (Å²) in [5.41, 5.74) is 4.98. The molecule has 4 heteroatoms. The smallest absolute Gasteiger partial charge is 0.235 e. The maximum absolute atomic E-state index is 11.9. The molecule has 0 aliphatic heterocycles. The van der Waals surface area contributed by atoms with E-state index in [-0.39, 0.29) is 11.9 Å². The first kappa shape index (κ1) is 13.2. The first-order valence-electron chi connectivity index (χ1n) is 5.51. The molecule has 0 radical (unpaired) electrons. The molecule has 2 amide bonds. The van der Waals surface area contributed by atoms with Crippen molar-refractivity contribution in [3.05, 3.63) is 35.9 Å². The number of rotatable bonds is 4. The zero-order valence-corrected chi connectivity index (χ0v) is 10.4. The van der Waals surface area contributed by atoms with E-state index in [4.69, 9.17) is 5.73 Å². The Bertz CT molecular complexity index is 413. The maximum Gasteiger partial charge on any atom is 0.235 e. The molecule has 17 heavy (non-hydrogen) atoms. The van der Waals surface area contributed by atoms with Crippen molar-refractivity contribution in [3.8, 4) is 0 Å². The number of nitrogens with one attached hydrogen (secondary N) is 1. The third-order valence-corrected chi connectivity index (χ3v) is 2.83. The van der Waals surface area contributed by atoms with Gasteiger partial charge in [0, 0.05) is 0 Å². The molecular formula is C13H18N2O2. The molecule has 0 spiro atoms. The Morgan fingerprint density at radius 2 is 1.76 bits per heavy atom. The van der Waals surface area contributed by atoms with Crippen molar-refractivity contribution in [2.75, 3.05) is 0 Å². The maximum atomic E-state index is 11.9. The number of primary amides is 1. The number of carbonyl (C=O) groups excluding carboxylic acids is 2. The molecule has 0 saturated heterocycles. The van der Waals surface area contributed by atoms with E-state index in [1.807, 2.05) is 37.3 Å². The Morgan fingerprint density at radius 3 is 2.24 bits per heavy atom. The minimum atomic E-state index is -1.19. The molecule has 1 aromatic carbocycles. The average molecular weight is 234 g/mol. The van der Waals surface area contributed by atoms with Gasteiger partial charge in [0.25, 0.3) is 0 Å². The van der Waals surface area contributed by atoms with Gasteiger partial charge in [-0.15, -0.1) is 0 Å². The highest BCUT2D eigenvalue weighted by Crippen LogP contribution is 2.18. The summed E-state index contributed by atoms with van der Waals surface area (Å²) in [7, 11) is 0. The minimum Gasteiger partial charge on any atom is -0.369 e. The highest BCUT2D eigenvalue weighted by molar-refractivity contribution is 6.03. The highest BCUT2D eigenvalue weighted by Gasteiger charge is 2.34. The summed E-state index contributed by atoms with van der Waals surface area (Å²) < 4.78 is 0. The Kier molecular flexibility index (Phi) is 3.89. The van der Waals surface area contributed by atoms with Crippen LogP contribution in [-0.4, -0.2) is 11.8 Å². The number of nitrogens with two attached hydrogens (primary N) is 1. The van der Waals surface area contributed by atoms with Crippen LogP contribution in [0.5, 0.6) is 0 Å². The van der Waals surface area contributed by atoms with Crippen molar-refractivity contribution in [2.45, 2.75) is 26.8 Å². The van der Waals surface area contributed by atoms with Crippen LogP contribution in [0, 0.1) is 5.41 Å². The Morgan fingerprint density at radius 1 is 1.24 bits per heavy atom. The second kappa shape index (κ2) is 4.99. The molecule has 1 rings (SSSR count). The first-order chi connectivity index (χ1) is 7.85. The largest absolute Gasteiger partial charge is 0.369 e. The SMILES string of the molecule is CC(NC(=O)C(C)(C)C(N)=O)c1ccccc1. The summed E-state index contributed by atoms with van der Waals surface area (Å²) >= 11 is 0. The molecule has 0 saturated carbocycles. The van der Waals surface area contributed by atoms with Gasteiger partial charge >= 0.3 is 0 Å². The van der Waals surface area contributed by atoms with Gasteiger partial charge < -0.3 is 11.1 Å². The normalized spacial score (nSPS) is 12.9. The summed E-state index contributed by atoms with van der Waals surface area (Å²) in [4.78, 5) is 23.0. The van der Waals surface area contributed by atoms with Crippen LogP contribution in [0.4, 0.5) is 0 Å². The molecule has 4 nitrogen and oxygen atoms in total. The summed E-state index contributed by atoms with van der Waals surface area (Å²) in [6, 6.07) is 9.40. The predicted octanol–water partition coefficient (Wildman–Crippen LogP) is 1.38. The second-order valence-electron chi connectivity index (χ2n) is 4.60. The van der Waals surface area contributed by atoms with Crippen LogP contribution in [0.15, 0.2) is 30.3 Å². The number of hydrogen-bond donors (Lipinski definition) is 2. The van der Waals surface area contributed by atoms with E-state index in [1.165, 1.54) is 13.8 Å². The van der Waals surface area contributed by atoms with E-state index in [0.29, 0.717) is 0 Å². The topological polar surface area (TPSA) is 72.2 Å². The minimum absolute atomic E-state index is 0.151. The van der Waals surface area contributed by atoms with Gasteiger partial charge in [0.05, 0.1) is 6.04 Å². The number of carbonyl (C=O) groups is 2. The molecule has 3 N–H and O–H groups in total. The summed E-state index contributed by atoms with van der Waals surface area (Å²) in [6.07, 6.45) is 0. The predicted molar refractivity (Wildman–Crippen MR) is 66.0 cm³/mol. The third kappa shape index (κ3) is 3.06. The molecule has 0 aliphatic carbocycles. The zero-order chi connectivity index (χ0) is 13.1. The van der Waals surface area contributed by atoms with Crippen molar-refractivity contribution in [1.29, 1.82) is 0 Å². The van der Waals surface area contributed by atoms with Gasteiger partial charge in [-0.1, -0.05) is 30.3 Å². The lowest BCUT2D eigenvalue weighted by Crippen LogP contribution is -2.46. The molecular weight excluding hydrogens is 216 g/mol. The van der Waals surface area contributed by atoms with Crippen molar-refractivity contribution < 1.29 is 9.59 Å². The molecule has 0 heterocycles. The molecule has 0 aliphatic rings. The van der Waals surface area contributed by atoms with Crippen LogP contribution in [0.1, 0.15) is 32.4 Å². The Labute approximate surface area is 101 Å². The van der Waals surface area contributed by atoms with E-state index in [1.54, 1.807) is 0 Å². The van der Waals surface area contributed by atoms with Gasteiger partial charge in [0.15, 0.2) is 0 Å². The van der Waals surface area contributed by atoms with E-state index < -0.39 is 11.3 Å². The Balaban J connectivity index is 2.74. The third-order valence-electron chi connectivity index (χ3n) is 2.83. The van der Waals surface area contributed by atoms with E-state index in [9.17, 15) is 9.59 Å². The average Bonchev–Trinajstić information content (AvgIpc) is 2.29. The highest BCUT2D eigenvalue weighted by atomic mass is 16.2. The zero-order valence-electron chi connectivity index (χ0n) is 10.4. The standard InChI is InChI=1S/C13H18N2O2/c1-9(10-7-5-4-6-8-10)15-12(17)13(2,3)11(14)16/h4-9H,1-3H3,(H2,14,16)(H,15,17). The summed E-state index contributed by atoms with van der Waals surface area (Å²) in [6.45, 7) is 4.90. The van der Waals surface area contributed by atoms with Crippen LogP contribution in [0.25, 0.3) is 0 Å². The van der Waals surface area contributed by atoms with Gasteiger partial charge in [-0.3, -0.25) is 9.59 Å². The van der Waals surface area contributed by atoms with Crippen molar-refractivity contribution in [1.82, 2.24) is 5.32 Å². The van der Waals surface area contributed by atoms with Crippen molar-refractivity contribution in [3.63, 3.8) is 0 Å². The van der Waals surface area contributed by atoms with E-state index >= 15 is 0 Å². The van der Waals surface area contributed by atoms with Gasteiger partial charge in [-0.2, -0.15) is 0 Å².